The summed E-state index contributed by atoms with van der Waals surface area (Å²) in [6.45, 7) is 2.06. The highest BCUT2D eigenvalue weighted by Gasteiger charge is 2.10. The summed E-state index contributed by atoms with van der Waals surface area (Å²) < 4.78 is 15.0. The number of fused-ring (bicyclic) bond motifs is 1. The number of aryl methyl sites for hydroxylation is 2. The molecule has 96 valence electrons. The molecule has 0 unspecified atom stereocenters. The zero-order valence-corrected chi connectivity index (χ0v) is 10.9. The first-order valence-electron chi connectivity index (χ1n) is 6.26. The molecule has 4 heteroatoms. The van der Waals surface area contributed by atoms with Gasteiger partial charge < -0.3 is 4.57 Å². The molecule has 19 heavy (non-hydrogen) atoms. The third kappa shape index (κ3) is 1.99. The van der Waals surface area contributed by atoms with Crippen molar-refractivity contribution < 1.29 is 4.39 Å². The molecule has 0 radical (unpaired) electrons. The van der Waals surface area contributed by atoms with Crippen molar-refractivity contribution in [2.45, 2.75) is 13.3 Å². The van der Waals surface area contributed by atoms with E-state index in [0.29, 0.717) is 0 Å². The Bertz CT molecular complexity index is 729. The van der Waals surface area contributed by atoms with E-state index < -0.39 is 0 Å². The Morgan fingerprint density at radius 2 is 1.95 bits per heavy atom. The number of benzene rings is 1. The third-order valence-corrected chi connectivity index (χ3v) is 3.29. The standard InChI is InChI=1S/C15H14FN3/c1-3-12-9-17-13-8-14(19(2)15(13)18-12)10-4-6-11(16)7-5-10/h4-9H,3H2,1-2H3. The minimum atomic E-state index is -0.230. The van der Waals surface area contributed by atoms with Crippen LogP contribution in [-0.4, -0.2) is 14.5 Å². The largest absolute Gasteiger partial charge is 0.327 e. The monoisotopic (exact) mass is 255 g/mol. The van der Waals surface area contributed by atoms with Gasteiger partial charge in [0.2, 0.25) is 0 Å². The Hall–Kier alpha value is -2.23. The summed E-state index contributed by atoms with van der Waals surface area (Å²) in [7, 11) is 1.95. The van der Waals surface area contributed by atoms with E-state index in [2.05, 4.69) is 16.9 Å². The third-order valence-electron chi connectivity index (χ3n) is 3.29. The Morgan fingerprint density at radius 1 is 1.21 bits per heavy atom. The molecule has 0 fully saturated rings. The smallest absolute Gasteiger partial charge is 0.159 e. The van der Waals surface area contributed by atoms with Gasteiger partial charge in [-0.2, -0.15) is 0 Å². The number of aromatic nitrogens is 3. The molecule has 0 N–H and O–H groups in total. The molecule has 0 aliphatic rings. The number of hydrogen-bond donors (Lipinski definition) is 0. The van der Waals surface area contributed by atoms with Gasteiger partial charge in [0.05, 0.1) is 11.4 Å². The molecule has 0 spiro atoms. The van der Waals surface area contributed by atoms with Crippen molar-refractivity contribution in [1.29, 1.82) is 0 Å². The fourth-order valence-corrected chi connectivity index (χ4v) is 2.18. The van der Waals surface area contributed by atoms with Gasteiger partial charge in [0.15, 0.2) is 5.65 Å². The first kappa shape index (κ1) is 11.8. The fraction of sp³-hybridized carbons (Fsp3) is 0.200. The van der Waals surface area contributed by atoms with E-state index in [1.165, 1.54) is 12.1 Å². The Kier molecular flexibility index (Phi) is 2.78. The lowest BCUT2D eigenvalue weighted by atomic mass is 10.1. The van der Waals surface area contributed by atoms with E-state index in [4.69, 9.17) is 0 Å². The highest BCUT2D eigenvalue weighted by Crippen LogP contribution is 2.25. The van der Waals surface area contributed by atoms with Gasteiger partial charge in [-0.15, -0.1) is 0 Å². The van der Waals surface area contributed by atoms with Crippen LogP contribution < -0.4 is 0 Å². The van der Waals surface area contributed by atoms with Crippen molar-refractivity contribution in [3.63, 3.8) is 0 Å². The highest BCUT2D eigenvalue weighted by molar-refractivity contribution is 5.80. The molecule has 0 aliphatic heterocycles. The zero-order valence-electron chi connectivity index (χ0n) is 10.9. The second kappa shape index (κ2) is 4.46. The van der Waals surface area contributed by atoms with Crippen LogP contribution >= 0.6 is 0 Å². The van der Waals surface area contributed by atoms with E-state index >= 15 is 0 Å². The van der Waals surface area contributed by atoms with Gasteiger partial charge in [0.25, 0.3) is 0 Å². The van der Waals surface area contributed by atoms with Gasteiger partial charge in [0, 0.05) is 13.2 Å². The normalized spacial score (nSPS) is 11.1. The lowest BCUT2D eigenvalue weighted by Gasteiger charge is -2.04. The maximum absolute atomic E-state index is 13.0. The van der Waals surface area contributed by atoms with Crippen molar-refractivity contribution in [2.24, 2.45) is 7.05 Å². The van der Waals surface area contributed by atoms with Crippen molar-refractivity contribution in [3.8, 4) is 11.3 Å². The first-order valence-corrected chi connectivity index (χ1v) is 6.26. The molecule has 0 bridgehead atoms. The van der Waals surface area contributed by atoms with E-state index in [1.807, 2.05) is 17.7 Å². The quantitative estimate of drug-likeness (QED) is 0.703. The number of nitrogens with zero attached hydrogens (tertiary/aromatic N) is 3. The predicted octanol–water partition coefficient (Wildman–Crippen LogP) is 3.34. The minimum absolute atomic E-state index is 0.230. The summed E-state index contributed by atoms with van der Waals surface area (Å²) in [5.74, 6) is -0.230. The van der Waals surface area contributed by atoms with E-state index in [-0.39, 0.29) is 5.82 Å². The molecule has 2 aromatic heterocycles. The molecular formula is C15H14FN3. The average Bonchev–Trinajstić information content (AvgIpc) is 2.76. The van der Waals surface area contributed by atoms with Gasteiger partial charge in [-0.25, -0.2) is 9.37 Å². The lowest BCUT2D eigenvalue weighted by Crippen LogP contribution is -1.96. The number of halogens is 1. The number of hydrogen-bond acceptors (Lipinski definition) is 2. The van der Waals surface area contributed by atoms with Crippen molar-refractivity contribution in [2.75, 3.05) is 0 Å². The van der Waals surface area contributed by atoms with Crippen LogP contribution in [0.15, 0.2) is 36.5 Å². The van der Waals surface area contributed by atoms with Gasteiger partial charge in [0.1, 0.15) is 11.3 Å². The molecule has 3 rings (SSSR count). The molecule has 0 aliphatic carbocycles. The number of rotatable bonds is 2. The molecule has 3 nitrogen and oxygen atoms in total. The van der Waals surface area contributed by atoms with E-state index in [1.54, 1.807) is 18.3 Å². The SMILES string of the molecule is CCc1cnc2cc(-c3ccc(F)cc3)n(C)c2n1. The molecule has 0 atom stereocenters. The summed E-state index contributed by atoms with van der Waals surface area (Å²) in [4.78, 5) is 9.00. The van der Waals surface area contributed by atoms with Crippen LogP contribution in [0.25, 0.3) is 22.4 Å². The van der Waals surface area contributed by atoms with Crippen molar-refractivity contribution in [3.05, 3.63) is 48.0 Å². The Morgan fingerprint density at radius 3 is 2.63 bits per heavy atom. The van der Waals surface area contributed by atoms with Crippen molar-refractivity contribution >= 4 is 11.2 Å². The maximum Gasteiger partial charge on any atom is 0.159 e. The summed E-state index contributed by atoms with van der Waals surface area (Å²) in [6.07, 6.45) is 2.66. The predicted molar refractivity (Wildman–Crippen MR) is 73.3 cm³/mol. The van der Waals surface area contributed by atoms with Crippen LogP contribution in [0.4, 0.5) is 4.39 Å². The zero-order chi connectivity index (χ0) is 13.4. The molecule has 1 aromatic carbocycles. The Balaban J connectivity index is 2.19. The molecule has 3 aromatic rings. The molecule has 0 saturated carbocycles. The first-order chi connectivity index (χ1) is 9.19. The second-order valence-electron chi connectivity index (χ2n) is 4.52. The summed E-state index contributed by atoms with van der Waals surface area (Å²) in [6, 6.07) is 8.44. The summed E-state index contributed by atoms with van der Waals surface area (Å²) in [5, 5.41) is 0. The topological polar surface area (TPSA) is 30.7 Å². The van der Waals surface area contributed by atoms with Crippen molar-refractivity contribution in [1.82, 2.24) is 14.5 Å². The molecule has 2 heterocycles. The lowest BCUT2D eigenvalue weighted by molar-refractivity contribution is 0.628. The highest BCUT2D eigenvalue weighted by atomic mass is 19.1. The van der Waals surface area contributed by atoms with Crippen LogP contribution in [0.2, 0.25) is 0 Å². The van der Waals surface area contributed by atoms with Gasteiger partial charge in [-0.3, -0.25) is 4.98 Å². The Labute approximate surface area is 110 Å². The maximum atomic E-state index is 13.0. The van der Waals surface area contributed by atoms with Crippen LogP contribution in [0.5, 0.6) is 0 Å². The molecule has 0 saturated heterocycles. The molecule has 0 amide bonds. The van der Waals surface area contributed by atoms with Crippen LogP contribution in [0, 0.1) is 5.82 Å². The average molecular weight is 255 g/mol. The van der Waals surface area contributed by atoms with E-state index in [0.717, 1.165) is 34.5 Å². The minimum Gasteiger partial charge on any atom is -0.327 e. The summed E-state index contributed by atoms with van der Waals surface area (Å²) in [5.41, 5.74) is 4.64. The fourth-order valence-electron chi connectivity index (χ4n) is 2.18. The molecular weight excluding hydrogens is 241 g/mol. The summed E-state index contributed by atoms with van der Waals surface area (Å²) >= 11 is 0. The van der Waals surface area contributed by atoms with Gasteiger partial charge in [-0.05, 0) is 42.3 Å². The van der Waals surface area contributed by atoms with Gasteiger partial charge >= 0.3 is 0 Å². The van der Waals surface area contributed by atoms with E-state index in [9.17, 15) is 4.39 Å². The van der Waals surface area contributed by atoms with Crippen LogP contribution in [-0.2, 0) is 13.5 Å². The van der Waals surface area contributed by atoms with Gasteiger partial charge in [-0.1, -0.05) is 6.92 Å². The van der Waals surface area contributed by atoms with Crippen LogP contribution in [0.3, 0.4) is 0 Å². The van der Waals surface area contributed by atoms with Crippen LogP contribution in [0.1, 0.15) is 12.6 Å². The second-order valence-corrected chi connectivity index (χ2v) is 4.52.